The SMILES string of the molecule is NO[SH](=O)=O.[Fe]. The maximum absolute atomic E-state index is 9.06. The maximum atomic E-state index is 9.06. The first kappa shape index (κ1) is 9.63. The van der Waals surface area contributed by atoms with Gasteiger partial charge in [0, 0.05) is 17.1 Å². The molecule has 0 aliphatic carbocycles. The Kier molecular flexibility index (Phi) is 8.65. The van der Waals surface area contributed by atoms with E-state index in [9.17, 15) is 0 Å². The fourth-order valence-corrected chi connectivity index (χ4v) is 0. The van der Waals surface area contributed by atoms with E-state index in [4.69, 9.17) is 8.42 Å². The third-order valence-corrected chi connectivity index (χ3v) is 0.258. The Hall–Kier alpha value is 0.389. The predicted molar refractivity (Wildman–Crippen MR) is 15.6 cm³/mol. The van der Waals surface area contributed by atoms with Gasteiger partial charge in [-0.2, -0.15) is 10.2 Å². The third kappa shape index (κ3) is 8.83. The summed E-state index contributed by atoms with van der Waals surface area (Å²) in [6.07, 6.45) is 0. The minimum absolute atomic E-state index is 0. The molecular weight excluding hydrogens is 150 g/mol. The van der Waals surface area contributed by atoms with E-state index in [-0.39, 0.29) is 17.1 Å². The van der Waals surface area contributed by atoms with E-state index in [1.165, 1.54) is 0 Å². The molecule has 0 saturated carbocycles. The molecule has 0 heterocycles. The molecule has 0 aliphatic heterocycles. The van der Waals surface area contributed by atoms with E-state index < -0.39 is 11.0 Å². The molecule has 0 bridgehead atoms. The van der Waals surface area contributed by atoms with Gasteiger partial charge >= 0.3 is 0 Å². The second kappa shape index (κ2) is 5.39. The molecule has 0 spiro atoms. The van der Waals surface area contributed by atoms with Crippen molar-refractivity contribution in [2.75, 3.05) is 0 Å². The Morgan fingerprint density at radius 2 is 1.67 bits per heavy atom. The number of hydrogen-bond donors (Lipinski definition) is 2. The summed E-state index contributed by atoms with van der Waals surface area (Å²) in [5.41, 5.74) is 0. The standard InChI is InChI=1S/Fe.H3NO3S/c;1-4-5(2)3/h;5H,1H2. The first-order valence-corrected chi connectivity index (χ1v) is 1.88. The van der Waals surface area contributed by atoms with Crippen LogP contribution in [0.15, 0.2) is 0 Å². The molecule has 0 radical (unpaired) electrons. The molecule has 0 unspecified atom stereocenters. The van der Waals surface area contributed by atoms with Gasteiger partial charge in [-0.3, -0.25) is 0 Å². The number of rotatable bonds is 1. The van der Waals surface area contributed by atoms with Gasteiger partial charge in [-0.25, -0.2) is 8.42 Å². The molecule has 0 rings (SSSR count). The molecule has 40 valence electrons. The second-order valence-corrected chi connectivity index (χ2v) is 0.987. The molecule has 0 aromatic carbocycles. The van der Waals surface area contributed by atoms with Crippen molar-refractivity contribution in [3.05, 3.63) is 0 Å². The van der Waals surface area contributed by atoms with Gasteiger partial charge in [-0.05, 0) is 0 Å². The zero-order chi connectivity index (χ0) is 4.28. The molecular formula is H3FeNO3S. The van der Waals surface area contributed by atoms with Crippen LogP contribution in [0.5, 0.6) is 0 Å². The molecule has 6 heteroatoms. The van der Waals surface area contributed by atoms with Crippen molar-refractivity contribution >= 4 is 11.0 Å². The molecule has 0 amide bonds. The number of thiol groups is 1. The zero-order valence-corrected chi connectivity index (χ0v) is 4.60. The van der Waals surface area contributed by atoms with Crippen LogP contribution in [0, 0.1) is 0 Å². The van der Waals surface area contributed by atoms with Gasteiger partial charge < -0.3 is 0 Å². The van der Waals surface area contributed by atoms with Crippen molar-refractivity contribution in [3.8, 4) is 0 Å². The van der Waals surface area contributed by atoms with Gasteiger partial charge in [0.15, 0.2) is 0 Å². The summed E-state index contributed by atoms with van der Waals surface area (Å²) in [5.74, 6) is 4.08. The molecule has 6 heavy (non-hydrogen) atoms. The van der Waals surface area contributed by atoms with Crippen LogP contribution >= 0.6 is 0 Å². The molecule has 0 aromatic heterocycles. The van der Waals surface area contributed by atoms with Crippen molar-refractivity contribution in [2.24, 2.45) is 5.90 Å². The molecule has 0 saturated heterocycles. The summed E-state index contributed by atoms with van der Waals surface area (Å²) < 4.78 is 21.3. The van der Waals surface area contributed by atoms with Crippen LogP contribution < -0.4 is 5.90 Å². The first-order chi connectivity index (χ1) is 2.27. The summed E-state index contributed by atoms with van der Waals surface area (Å²) in [5, 5.41) is 0. The molecule has 4 nitrogen and oxygen atoms in total. The predicted octanol–water partition coefficient (Wildman–Crippen LogP) is -1.60. The molecule has 0 atom stereocenters. The summed E-state index contributed by atoms with van der Waals surface area (Å²) in [6.45, 7) is 0. The molecule has 0 fully saturated rings. The van der Waals surface area contributed by atoms with Crippen molar-refractivity contribution in [1.29, 1.82) is 0 Å². The van der Waals surface area contributed by atoms with E-state index in [0.717, 1.165) is 0 Å². The minimum Gasteiger partial charge on any atom is -0.201 e. The quantitative estimate of drug-likeness (QED) is 0.270. The zero-order valence-electron chi connectivity index (χ0n) is 2.60. The topological polar surface area (TPSA) is 69.4 Å². The molecule has 0 aromatic rings. The average molecular weight is 153 g/mol. The fraction of sp³-hybridized carbons (Fsp3) is 0. The van der Waals surface area contributed by atoms with Gasteiger partial charge in [-0.1, -0.05) is 0 Å². The van der Waals surface area contributed by atoms with Crippen LogP contribution in [0.4, 0.5) is 0 Å². The second-order valence-electron chi connectivity index (χ2n) is 0.329. The number of nitrogens with two attached hydrogens (primary N) is 1. The summed E-state index contributed by atoms with van der Waals surface area (Å²) in [6, 6.07) is 0. The molecule has 0 aliphatic rings. The van der Waals surface area contributed by atoms with E-state index in [1.807, 2.05) is 0 Å². The Morgan fingerprint density at radius 3 is 1.67 bits per heavy atom. The van der Waals surface area contributed by atoms with Gasteiger partial charge in [0.2, 0.25) is 0 Å². The van der Waals surface area contributed by atoms with Crippen molar-refractivity contribution < 1.29 is 29.8 Å². The van der Waals surface area contributed by atoms with Crippen LogP contribution in [0.1, 0.15) is 0 Å². The van der Waals surface area contributed by atoms with Gasteiger partial charge in [0.1, 0.15) is 0 Å². The van der Waals surface area contributed by atoms with E-state index in [0.29, 0.717) is 0 Å². The van der Waals surface area contributed by atoms with Crippen LogP contribution in [-0.2, 0) is 32.3 Å². The van der Waals surface area contributed by atoms with Crippen molar-refractivity contribution in [2.45, 2.75) is 0 Å². The van der Waals surface area contributed by atoms with Crippen LogP contribution in [-0.4, -0.2) is 8.42 Å². The Bertz CT molecular complexity index is 68.9. The Labute approximate surface area is 47.2 Å². The third-order valence-electron chi connectivity index (χ3n) is 0.0861. The van der Waals surface area contributed by atoms with E-state index >= 15 is 0 Å². The summed E-state index contributed by atoms with van der Waals surface area (Å²) >= 11 is 0. The van der Waals surface area contributed by atoms with Gasteiger partial charge in [-0.15, -0.1) is 0 Å². The monoisotopic (exact) mass is 153 g/mol. The smallest absolute Gasteiger partial charge is 0.201 e. The van der Waals surface area contributed by atoms with Crippen molar-refractivity contribution in [3.63, 3.8) is 0 Å². The largest absolute Gasteiger partial charge is 0.272 e. The minimum atomic E-state index is -2.82. The summed E-state index contributed by atoms with van der Waals surface area (Å²) in [4.78, 5) is 0. The van der Waals surface area contributed by atoms with Gasteiger partial charge in [0.05, 0.1) is 0 Å². The average Bonchev–Trinajstić information content (AvgIpc) is 1.38. The normalized spacial score (nSPS) is 7.67. The van der Waals surface area contributed by atoms with Crippen LogP contribution in [0.3, 0.4) is 0 Å². The van der Waals surface area contributed by atoms with Crippen molar-refractivity contribution in [1.82, 2.24) is 0 Å². The Balaban J connectivity index is 0. The van der Waals surface area contributed by atoms with Crippen LogP contribution in [0.2, 0.25) is 0 Å². The number of hydrogen-bond acceptors (Lipinski definition) is 4. The van der Waals surface area contributed by atoms with Gasteiger partial charge in [0.25, 0.3) is 11.0 Å². The maximum Gasteiger partial charge on any atom is 0.272 e. The molecule has 2 N–H and O–H groups in total. The van der Waals surface area contributed by atoms with Crippen LogP contribution in [0.25, 0.3) is 0 Å². The van der Waals surface area contributed by atoms with E-state index in [1.54, 1.807) is 0 Å². The Morgan fingerprint density at radius 1 is 1.50 bits per heavy atom. The van der Waals surface area contributed by atoms with E-state index in [2.05, 4.69) is 10.2 Å². The fourth-order valence-electron chi connectivity index (χ4n) is 0. The first-order valence-electron chi connectivity index (χ1n) is 0.783. The summed E-state index contributed by atoms with van der Waals surface area (Å²) in [7, 11) is -2.82.